The van der Waals surface area contributed by atoms with Crippen molar-refractivity contribution in [3.63, 3.8) is 0 Å². The van der Waals surface area contributed by atoms with Gasteiger partial charge in [-0.1, -0.05) is 50.3 Å². The van der Waals surface area contributed by atoms with E-state index in [1.807, 2.05) is 31.2 Å². The number of carbonyl (C=O) groups is 1. The molecule has 1 aliphatic carbocycles. The summed E-state index contributed by atoms with van der Waals surface area (Å²) in [6.07, 6.45) is 7.27. The average molecular weight is 306 g/mol. The number of ketones is 1. The molecular formula is C18H26O2S. The summed E-state index contributed by atoms with van der Waals surface area (Å²) in [6.45, 7) is 4.22. The Hall–Kier alpha value is -0.960. The molecule has 0 radical (unpaired) electrons. The first-order valence-corrected chi connectivity index (χ1v) is 9.41. The maximum Gasteiger partial charge on any atom is 0.149 e. The van der Waals surface area contributed by atoms with Crippen LogP contribution in [0.5, 0.6) is 0 Å². The summed E-state index contributed by atoms with van der Waals surface area (Å²) in [5, 5.41) is 0. The SMILES string of the molecule is CCCCCC[C@H]1C[C@H]1C(=O)C[S@](=O)c1ccc(C)cc1. The first-order chi connectivity index (χ1) is 10.1. The molecule has 1 aromatic carbocycles. The van der Waals surface area contributed by atoms with Gasteiger partial charge < -0.3 is 0 Å². The molecule has 3 atom stereocenters. The van der Waals surface area contributed by atoms with Gasteiger partial charge >= 0.3 is 0 Å². The third kappa shape index (κ3) is 5.06. The summed E-state index contributed by atoms with van der Waals surface area (Å²) in [4.78, 5) is 12.9. The predicted molar refractivity (Wildman–Crippen MR) is 87.8 cm³/mol. The van der Waals surface area contributed by atoms with E-state index < -0.39 is 10.8 Å². The van der Waals surface area contributed by atoms with Gasteiger partial charge in [-0.15, -0.1) is 0 Å². The van der Waals surface area contributed by atoms with Gasteiger partial charge in [-0.05, 0) is 37.8 Å². The number of benzene rings is 1. The molecule has 1 saturated carbocycles. The molecule has 1 fully saturated rings. The Balaban J connectivity index is 1.73. The smallest absolute Gasteiger partial charge is 0.149 e. The summed E-state index contributed by atoms with van der Waals surface area (Å²) < 4.78 is 12.2. The van der Waals surface area contributed by atoms with Crippen molar-refractivity contribution in [3.8, 4) is 0 Å². The Kier molecular flexibility index (Phi) is 6.16. The third-order valence-corrected chi connectivity index (χ3v) is 5.67. The zero-order valence-electron chi connectivity index (χ0n) is 13.1. The Bertz CT molecular complexity index is 492. The largest absolute Gasteiger partial charge is 0.298 e. The van der Waals surface area contributed by atoms with Crippen LogP contribution in [-0.2, 0) is 15.6 Å². The topological polar surface area (TPSA) is 34.1 Å². The highest BCUT2D eigenvalue weighted by atomic mass is 32.2. The van der Waals surface area contributed by atoms with E-state index in [0.29, 0.717) is 5.92 Å². The van der Waals surface area contributed by atoms with E-state index in [0.717, 1.165) is 16.9 Å². The van der Waals surface area contributed by atoms with E-state index in [4.69, 9.17) is 0 Å². The summed E-state index contributed by atoms with van der Waals surface area (Å²) in [6, 6.07) is 7.64. The summed E-state index contributed by atoms with van der Waals surface area (Å²) in [5.74, 6) is 1.17. The lowest BCUT2D eigenvalue weighted by Crippen LogP contribution is -2.13. The molecule has 0 saturated heterocycles. The molecule has 0 spiro atoms. The fraction of sp³-hybridized carbons (Fsp3) is 0.611. The zero-order chi connectivity index (χ0) is 15.2. The van der Waals surface area contributed by atoms with Crippen molar-refractivity contribution in [2.24, 2.45) is 11.8 Å². The third-order valence-electron chi connectivity index (χ3n) is 4.32. The van der Waals surface area contributed by atoms with Crippen LogP contribution < -0.4 is 0 Å². The summed E-state index contributed by atoms with van der Waals surface area (Å²) in [5.41, 5.74) is 1.15. The maximum absolute atomic E-state index is 12.2. The number of Topliss-reactive ketones (excluding diaryl/α,β-unsaturated/α-hetero) is 1. The molecule has 21 heavy (non-hydrogen) atoms. The number of rotatable bonds is 9. The number of hydrogen-bond acceptors (Lipinski definition) is 2. The van der Waals surface area contributed by atoms with Crippen molar-refractivity contribution < 1.29 is 9.00 Å². The van der Waals surface area contributed by atoms with Gasteiger partial charge in [0.2, 0.25) is 0 Å². The van der Waals surface area contributed by atoms with Crippen molar-refractivity contribution in [2.45, 2.75) is 57.3 Å². The van der Waals surface area contributed by atoms with E-state index in [1.165, 1.54) is 32.1 Å². The van der Waals surface area contributed by atoms with Crippen molar-refractivity contribution in [1.29, 1.82) is 0 Å². The molecule has 0 heterocycles. The van der Waals surface area contributed by atoms with Gasteiger partial charge in [-0.3, -0.25) is 9.00 Å². The van der Waals surface area contributed by atoms with Crippen LogP contribution in [0.2, 0.25) is 0 Å². The van der Waals surface area contributed by atoms with Crippen LogP contribution in [0.4, 0.5) is 0 Å². The van der Waals surface area contributed by atoms with E-state index in [1.54, 1.807) is 0 Å². The predicted octanol–water partition coefficient (Wildman–Crippen LogP) is 4.28. The number of aryl methyl sites for hydroxylation is 1. The monoisotopic (exact) mass is 306 g/mol. The second kappa shape index (κ2) is 7.88. The molecule has 116 valence electrons. The Morgan fingerprint density at radius 2 is 1.90 bits per heavy atom. The van der Waals surface area contributed by atoms with Crippen molar-refractivity contribution >= 4 is 16.6 Å². The molecule has 0 N–H and O–H groups in total. The van der Waals surface area contributed by atoms with Gasteiger partial charge in [0.1, 0.15) is 5.78 Å². The molecule has 1 aliphatic rings. The number of hydrogen-bond donors (Lipinski definition) is 0. The highest BCUT2D eigenvalue weighted by Crippen LogP contribution is 2.43. The van der Waals surface area contributed by atoms with E-state index in [2.05, 4.69) is 6.92 Å². The minimum atomic E-state index is -1.18. The number of unbranched alkanes of at least 4 members (excludes halogenated alkanes) is 3. The highest BCUT2D eigenvalue weighted by Gasteiger charge is 2.42. The lowest BCUT2D eigenvalue weighted by molar-refractivity contribution is -0.118. The van der Waals surface area contributed by atoms with Gasteiger partial charge in [0.15, 0.2) is 0 Å². The van der Waals surface area contributed by atoms with Gasteiger partial charge in [-0.25, -0.2) is 0 Å². The van der Waals surface area contributed by atoms with Crippen LogP contribution in [0.15, 0.2) is 29.2 Å². The van der Waals surface area contributed by atoms with Crippen molar-refractivity contribution in [1.82, 2.24) is 0 Å². The Morgan fingerprint density at radius 1 is 1.19 bits per heavy atom. The van der Waals surface area contributed by atoms with Gasteiger partial charge in [-0.2, -0.15) is 0 Å². The van der Waals surface area contributed by atoms with Crippen LogP contribution in [0, 0.1) is 18.8 Å². The van der Waals surface area contributed by atoms with Gasteiger partial charge in [0.05, 0.1) is 16.6 Å². The minimum Gasteiger partial charge on any atom is -0.298 e. The molecule has 0 aliphatic heterocycles. The molecule has 0 bridgehead atoms. The molecule has 0 amide bonds. The molecule has 3 heteroatoms. The highest BCUT2D eigenvalue weighted by molar-refractivity contribution is 7.85. The fourth-order valence-corrected chi connectivity index (χ4v) is 3.88. The van der Waals surface area contributed by atoms with Crippen LogP contribution >= 0.6 is 0 Å². The van der Waals surface area contributed by atoms with Gasteiger partial charge in [0, 0.05) is 10.8 Å². The average Bonchev–Trinajstić information content (AvgIpc) is 3.24. The summed E-state index contributed by atoms with van der Waals surface area (Å²) >= 11 is 0. The van der Waals surface area contributed by atoms with Crippen LogP contribution in [0.25, 0.3) is 0 Å². The lowest BCUT2D eigenvalue weighted by Gasteiger charge is -2.03. The van der Waals surface area contributed by atoms with E-state index in [9.17, 15) is 9.00 Å². The maximum atomic E-state index is 12.2. The molecule has 0 unspecified atom stereocenters. The zero-order valence-corrected chi connectivity index (χ0v) is 14.0. The fourth-order valence-electron chi connectivity index (χ4n) is 2.80. The van der Waals surface area contributed by atoms with Crippen LogP contribution in [0.3, 0.4) is 0 Å². The molecule has 1 aromatic rings. The quantitative estimate of drug-likeness (QED) is 0.638. The standard InChI is InChI=1S/C18H26O2S/c1-3-4-5-6-7-15-12-17(15)18(19)13-21(20)16-10-8-14(2)9-11-16/h8-11,15,17H,3-7,12-13H2,1-2H3/t15-,17+,21-/m0/s1. The van der Waals surface area contributed by atoms with Crippen LogP contribution in [0.1, 0.15) is 51.0 Å². The molecule has 2 rings (SSSR count). The number of carbonyl (C=O) groups excluding carboxylic acids is 1. The molecule has 2 nitrogen and oxygen atoms in total. The summed E-state index contributed by atoms with van der Waals surface area (Å²) in [7, 11) is -1.18. The molecule has 0 aromatic heterocycles. The van der Waals surface area contributed by atoms with Crippen molar-refractivity contribution in [2.75, 3.05) is 5.75 Å². The Morgan fingerprint density at radius 3 is 2.57 bits per heavy atom. The first kappa shape index (κ1) is 16.4. The van der Waals surface area contributed by atoms with Crippen LogP contribution in [-0.4, -0.2) is 15.7 Å². The van der Waals surface area contributed by atoms with Gasteiger partial charge in [0.25, 0.3) is 0 Å². The van der Waals surface area contributed by atoms with Crippen molar-refractivity contribution in [3.05, 3.63) is 29.8 Å². The minimum absolute atomic E-state index is 0.194. The normalized spacial score (nSPS) is 22.0. The van der Waals surface area contributed by atoms with E-state index >= 15 is 0 Å². The van der Waals surface area contributed by atoms with E-state index in [-0.39, 0.29) is 17.5 Å². The first-order valence-electron chi connectivity index (χ1n) is 8.09. The second-order valence-corrected chi connectivity index (χ2v) is 7.67. The molecular weight excluding hydrogens is 280 g/mol. The lowest BCUT2D eigenvalue weighted by atomic mass is 10.1. The second-order valence-electron chi connectivity index (χ2n) is 6.22. The Labute approximate surface area is 130 Å².